The first-order valence-corrected chi connectivity index (χ1v) is 16.0. The molecule has 1 N–H and O–H groups in total. The number of carbonyl (C=O) groups excluding carboxylic acids is 2. The fourth-order valence-corrected chi connectivity index (χ4v) is 7.02. The third-order valence-electron chi connectivity index (χ3n) is 9.17. The Morgan fingerprint density at radius 2 is 1.43 bits per heavy atom. The lowest BCUT2D eigenvalue weighted by molar-refractivity contribution is -0.143. The lowest BCUT2D eigenvalue weighted by atomic mass is 9.84. The number of hydrogen-bond acceptors (Lipinski definition) is 5. The summed E-state index contributed by atoms with van der Waals surface area (Å²) in [6, 6.07) is 18.6. The van der Waals surface area contributed by atoms with Crippen LogP contribution in [0.15, 0.2) is 60.8 Å². The van der Waals surface area contributed by atoms with Crippen molar-refractivity contribution in [3.8, 4) is 22.4 Å². The summed E-state index contributed by atoms with van der Waals surface area (Å²) < 4.78 is 0. The van der Waals surface area contributed by atoms with E-state index in [9.17, 15) is 9.59 Å². The molecule has 1 saturated carbocycles. The standard InChI is InChI=1S/C34H40ClN5O2/c35-30-23-36-34(38-31(30)27-12-7-11-26(21-27)24-9-3-1-4-10-24)37-29-14-8-13-28(22-29)33(42)40-19-15-25(16-20-40)32(41)39-17-5-2-6-18-39/h1,3-4,7,9-12,21,23,25,28-29H,2,5-6,8,13-20,22H2,(H,36,37,38). The van der Waals surface area contributed by atoms with Gasteiger partial charge in [0, 0.05) is 49.6 Å². The highest BCUT2D eigenvalue weighted by molar-refractivity contribution is 6.32. The molecular formula is C34H40ClN5O2. The van der Waals surface area contributed by atoms with E-state index in [1.165, 1.54) is 6.42 Å². The number of anilines is 1. The van der Waals surface area contributed by atoms with E-state index >= 15 is 0 Å². The van der Waals surface area contributed by atoms with Crippen LogP contribution in [0.3, 0.4) is 0 Å². The fraction of sp³-hybridized carbons (Fsp3) is 0.471. The number of benzene rings is 2. The topological polar surface area (TPSA) is 78.4 Å². The molecule has 2 unspecified atom stereocenters. The Bertz CT molecular complexity index is 1390. The van der Waals surface area contributed by atoms with E-state index < -0.39 is 0 Å². The maximum atomic E-state index is 13.5. The summed E-state index contributed by atoms with van der Waals surface area (Å²) in [4.78, 5) is 39.8. The highest BCUT2D eigenvalue weighted by Crippen LogP contribution is 2.33. The monoisotopic (exact) mass is 585 g/mol. The van der Waals surface area contributed by atoms with Gasteiger partial charge in [-0.2, -0.15) is 0 Å². The number of piperidine rings is 2. The van der Waals surface area contributed by atoms with E-state index in [1.807, 2.05) is 40.1 Å². The molecule has 42 heavy (non-hydrogen) atoms. The van der Waals surface area contributed by atoms with Gasteiger partial charge in [-0.15, -0.1) is 0 Å². The van der Waals surface area contributed by atoms with Crippen LogP contribution in [0, 0.1) is 11.8 Å². The van der Waals surface area contributed by atoms with Crippen LogP contribution in [0.25, 0.3) is 22.4 Å². The van der Waals surface area contributed by atoms with Gasteiger partial charge < -0.3 is 15.1 Å². The van der Waals surface area contributed by atoms with Gasteiger partial charge in [-0.1, -0.05) is 66.6 Å². The molecule has 8 heteroatoms. The second-order valence-corrected chi connectivity index (χ2v) is 12.4. The number of amides is 2. The molecule has 0 radical (unpaired) electrons. The molecule has 0 spiro atoms. The van der Waals surface area contributed by atoms with Gasteiger partial charge in [-0.25, -0.2) is 9.97 Å². The Morgan fingerprint density at radius 1 is 0.738 bits per heavy atom. The number of carbonyl (C=O) groups is 2. The number of rotatable bonds is 6. The van der Waals surface area contributed by atoms with E-state index in [1.54, 1.807) is 6.20 Å². The summed E-state index contributed by atoms with van der Waals surface area (Å²) in [7, 11) is 0. The molecule has 2 amide bonds. The third kappa shape index (κ3) is 6.62. The summed E-state index contributed by atoms with van der Waals surface area (Å²) in [5, 5.41) is 4.01. The van der Waals surface area contributed by atoms with Gasteiger partial charge in [0.15, 0.2) is 0 Å². The van der Waals surface area contributed by atoms with Crippen LogP contribution in [0.5, 0.6) is 0 Å². The lowest BCUT2D eigenvalue weighted by Crippen LogP contribution is -2.48. The molecule has 1 aliphatic carbocycles. The Labute approximate surface area is 253 Å². The third-order valence-corrected chi connectivity index (χ3v) is 9.44. The highest BCUT2D eigenvalue weighted by Gasteiger charge is 2.35. The van der Waals surface area contributed by atoms with E-state index in [0.29, 0.717) is 35.7 Å². The van der Waals surface area contributed by atoms with Crippen molar-refractivity contribution in [3.05, 3.63) is 65.8 Å². The Hall–Kier alpha value is -3.45. The Balaban J connectivity index is 1.06. The van der Waals surface area contributed by atoms with Crippen molar-refractivity contribution in [1.82, 2.24) is 19.8 Å². The predicted molar refractivity (Wildman–Crippen MR) is 167 cm³/mol. The number of hydrogen-bond donors (Lipinski definition) is 1. The van der Waals surface area contributed by atoms with E-state index in [4.69, 9.17) is 16.6 Å². The normalized spacial score (nSPS) is 21.6. The predicted octanol–water partition coefficient (Wildman–Crippen LogP) is 6.69. The average molecular weight is 586 g/mol. The Morgan fingerprint density at radius 3 is 2.21 bits per heavy atom. The summed E-state index contributed by atoms with van der Waals surface area (Å²) >= 11 is 6.57. The van der Waals surface area contributed by atoms with Crippen LogP contribution in [-0.2, 0) is 9.59 Å². The van der Waals surface area contributed by atoms with E-state index in [0.717, 1.165) is 81.1 Å². The number of likely N-dealkylation sites (tertiary alicyclic amines) is 2. The number of halogens is 1. The Kier molecular flexibility index (Phi) is 9.04. The second-order valence-electron chi connectivity index (χ2n) is 12.0. The molecule has 1 aromatic heterocycles. The minimum Gasteiger partial charge on any atom is -0.351 e. The quantitative estimate of drug-likeness (QED) is 0.349. The summed E-state index contributed by atoms with van der Waals surface area (Å²) in [5.74, 6) is 1.13. The van der Waals surface area contributed by atoms with Gasteiger partial charge in [-0.3, -0.25) is 9.59 Å². The molecule has 0 bridgehead atoms. The smallest absolute Gasteiger partial charge is 0.225 e. The van der Waals surface area contributed by atoms with Gasteiger partial charge in [0.2, 0.25) is 17.8 Å². The maximum absolute atomic E-state index is 13.5. The first-order valence-electron chi connectivity index (χ1n) is 15.6. The lowest BCUT2D eigenvalue weighted by Gasteiger charge is -2.38. The van der Waals surface area contributed by atoms with Crippen molar-refractivity contribution in [2.75, 3.05) is 31.5 Å². The minimum absolute atomic E-state index is 0.0140. The first kappa shape index (κ1) is 28.7. The van der Waals surface area contributed by atoms with Crippen LogP contribution in [0.1, 0.15) is 57.8 Å². The zero-order valence-corrected chi connectivity index (χ0v) is 24.9. The molecule has 2 aliphatic heterocycles. The second kappa shape index (κ2) is 13.2. The van der Waals surface area contributed by atoms with Crippen LogP contribution in [0.2, 0.25) is 5.02 Å². The first-order chi connectivity index (χ1) is 20.5. The van der Waals surface area contributed by atoms with Gasteiger partial charge in [0.25, 0.3) is 0 Å². The number of aromatic nitrogens is 2. The summed E-state index contributed by atoms with van der Waals surface area (Å²) in [6.45, 7) is 3.16. The number of nitrogens with zero attached hydrogens (tertiary/aromatic N) is 4. The van der Waals surface area contributed by atoms with Crippen molar-refractivity contribution in [3.63, 3.8) is 0 Å². The molecule has 2 atom stereocenters. The summed E-state index contributed by atoms with van der Waals surface area (Å²) in [6.07, 6.45) is 10.3. The van der Waals surface area contributed by atoms with Crippen molar-refractivity contribution < 1.29 is 9.59 Å². The van der Waals surface area contributed by atoms with Crippen LogP contribution in [-0.4, -0.2) is 63.8 Å². The van der Waals surface area contributed by atoms with E-state index in [-0.39, 0.29) is 23.8 Å². The van der Waals surface area contributed by atoms with Crippen molar-refractivity contribution in [2.24, 2.45) is 11.8 Å². The van der Waals surface area contributed by atoms with Gasteiger partial charge >= 0.3 is 0 Å². The minimum atomic E-state index is -0.0140. The maximum Gasteiger partial charge on any atom is 0.225 e. The zero-order chi connectivity index (χ0) is 28.9. The molecular weight excluding hydrogens is 546 g/mol. The van der Waals surface area contributed by atoms with Crippen LogP contribution in [0.4, 0.5) is 5.95 Å². The van der Waals surface area contributed by atoms with Gasteiger partial charge in [-0.05, 0) is 68.6 Å². The largest absolute Gasteiger partial charge is 0.351 e. The SMILES string of the molecule is O=C(C1CCN(C(=O)C2CCCC(Nc3ncc(Cl)c(-c4cccc(-c5ccccc5)c4)n3)C2)CC1)N1CCCCC1. The molecule has 3 heterocycles. The molecule has 3 fully saturated rings. The highest BCUT2D eigenvalue weighted by atomic mass is 35.5. The number of nitrogens with one attached hydrogen (secondary N) is 1. The van der Waals surface area contributed by atoms with Crippen molar-refractivity contribution in [1.29, 1.82) is 0 Å². The van der Waals surface area contributed by atoms with Crippen LogP contribution >= 0.6 is 11.6 Å². The molecule has 220 valence electrons. The average Bonchev–Trinajstić information content (AvgIpc) is 3.06. The molecule has 3 aromatic rings. The van der Waals surface area contributed by atoms with Crippen molar-refractivity contribution in [2.45, 2.75) is 63.8 Å². The van der Waals surface area contributed by atoms with Crippen LogP contribution < -0.4 is 5.32 Å². The van der Waals surface area contributed by atoms with E-state index in [2.05, 4.69) is 34.6 Å². The zero-order valence-electron chi connectivity index (χ0n) is 24.2. The molecule has 6 rings (SSSR count). The molecule has 2 aromatic carbocycles. The molecule has 7 nitrogen and oxygen atoms in total. The summed E-state index contributed by atoms with van der Waals surface area (Å²) in [5.41, 5.74) is 3.87. The van der Waals surface area contributed by atoms with Gasteiger partial charge in [0.1, 0.15) is 0 Å². The van der Waals surface area contributed by atoms with Gasteiger partial charge in [0.05, 0.1) is 16.9 Å². The fourth-order valence-electron chi connectivity index (χ4n) is 6.82. The molecule has 2 saturated heterocycles. The van der Waals surface area contributed by atoms with Crippen molar-refractivity contribution >= 4 is 29.4 Å². The molecule has 3 aliphatic rings.